The Morgan fingerprint density at radius 3 is 2.47 bits per heavy atom. The molecule has 0 aliphatic carbocycles. The third kappa shape index (κ3) is 7.78. The van der Waals surface area contributed by atoms with Crippen LogP contribution in [0.4, 0.5) is 11.5 Å². The second-order valence-corrected chi connectivity index (χ2v) is 12.4. The molecule has 3 aromatic carbocycles. The number of amides is 1. The van der Waals surface area contributed by atoms with Crippen LogP contribution in [0.2, 0.25) is 0 Å². The maximum atomic E-state index is 13.1. The van der Waals surface area contributed by atoms with Gasteiger partial charge in [-0.05, 0) is 43.2 Å². The van der Waals surface area contributed by atoms with E-state index in [9.17, 15) is 18.0 Å². The number of ether oxygens (including phenoxy) is 1. The number of nitrogens with zero attached hydrogens (tertiary/aromatic N) is 4. The van der Waals surface area contributed by atoms with Crippen LogP contribution in [0.5, 0.6) is 5.75 Å². The number of carbonyl (C=O) groups excluding carboxylic acids is 2. The smallest absolute Gasteiger partial charge is 0.311 e. The van der Waals surface area contributed by atoms with Gasteiger partial charge in [0.25, 0.3) is 5.91 Å². The van der Waals surface area contributed by atoms with Crippen molar-refractivity contribution in [2.75, 3.05) is 30.9 Å². The average molecular weight is 627 g/mol. The number of hydrogen-bond donors (Lipinski definition) is 2. The monoisotopic (exact) mass is 626 g/mol. The molecule has 12 heteroatoms. The van der Waals surface area contributed by atoms with Crippen LogP contribution in [0, 0.1) is 0 Å². The first-order valence-electron chi connectivity index (χ1n) is 14.6. The minimum Gasteiger partial charge on any atom is -0.426 e. The second kappa shape index (κ2) is 14.2. The Morgan fingerprint density at radius 2 is 1.67 bits per heavy atom. The summed E-state index contributed by atoms with van der Waals surface area (Å²) in [5.41, 5.74) is 1.66. The minimum atomic E-state index is -3.70. The van der Waals surface area contributed by atoms with Crippen molar-refractivity contribution in [1.29, 1.82) is 0 Å². The first-order valence-corrected chi connectivity index (χ1v) is 16.1. The van der Waals surface area contributed by atoms with E-state index in [2.05, 4.69) is 25.0 Å². The van der Waals surface area contributed by atoms with Crippen molar-refractivity contribution < 1.29 is 22.7 Å². The number of hydrogen-bond acceptors (Lipinski definition) is 9. The molecule has 0 saturated carbocycles. The van der Waals surface area contributed by atoms with Crippen LogP contribution in [0.15, 0.2) is 90.3 Å². The summed E-state index contributed by atoms with van der Waals surface area (Å²) in [6.07, 6.45) is 8.84. The molecule has 0 fully saturated rings. The van der Waals surface area contributed by atoms with Gasteiger partial charge in [0.1, 0.15) is 5.75 Å². The number of sulfonamides is 1. The van der Waals surface area contributed by atoms with Crippen molar-refractivity contribution in [3.05, 3.63) is 91.0 Å². The van der Waals surface area contributed by atoms with Crippen LogP contribution in [0.3, 0.4) is 0 Å². The molecule has 2 aromatic heterocycles. The normalized spacial score (nSPS) is 11.4. The third-order valence-corrected chi connectivity index (χ3v) is 8.71. The number of benzene rings is 3. The molecule has 0 atom stereocenters. The lowest BCUT2D eigenvalue weighted by Gasteiger charge is -2.17. The van der Waals surface area contributed by atoms with Crippen molar-refractivity contribution in [2.24, 2.45) is 0 Å². The zero-order valence-corrected chi connectivity index (χ0v) is 25.9. The van der Waals surface area contributed by atoms with E-state index in [0.717, 1.165) is 23.9 Å². The Bertz CT molecular complexity index is 1930. The first-order chi connectivity index (χ1) is 21.7. The molecule has 5 rings (SSSR count). The molecule has 232 valence electrons. The Morgan fingerprint density at radius 1 is 0.867 bits per heavy atom. The van der Waals surface area contributed by atoms with E-state index < -0.39 is 21.9 Å². The SMILES string of the molecule is CN(C)c1cccc2c(S(=O)(=O)NCCCCCCC(=O)Oc3cc(C(=O)Nc4cnccn4)c4ncccc4c3)cccc12. The van der Waals surface area contributed by atoms with Crippen LogP contribution in [0.1, 0.15) is 42.5 Å². The molecule has 0 aliphatic heterocycles. The highest BCUT2D eigenvalue weighted by atomic mass is 32.2. The summed E-state index contributed by atoms with van der Waals surface area (Å²) in [4.78, 5) is 40.2. The topological polar surface area (TPSA) is 143 Å². The van der Waals surface area contributed by atoms with Gasteiger partial charge < -0.3 is 15.0 Å². The number of carbonyl (C=O) groups is 2. The summed E-state index contributed by atoms with van der Waals surface area (Å²) in [5, 5.41) is 4.88. The van der Waals surface area contributed by atoms with Gasteiger partial charge in [0, 0.05) is 67.5 Å². The second-order valence-electron chi connectivity index (χ2n) is 10.6. The Balaban J connectivity index is 1.10. The molecule has 0 bridgehead atoms. The number of nitrogens with one attached hydrogen (secondary N) is 2. The molecule has 0 aliphatic rings. The fraction of sp³-hybridized carbons (Fsp3) is 0.242. The van der Waals surface area contributed by atoms with Gasteiger partial charge in [0.2, 0.25) is 10.0 Å². The predicted molar refractivity (Wildman–Crippen MR) is 174 cm³/mol. The molecule has 2 heterocycles. The van der Waals surface area contributed by atoms with E-state index in [1.165, 1.54) is 24.7 Å². The highest BCUT2D eigenvalue weighted by Gasteiger charge is 2.19. The van der Waals surface area contributed by atoms with E-state index in [0.29, 0.717) is 35.7 Å². The van der Waals surface area contributed by atoms with Crippen LogP contribution >= 0.6 is 0 Å². The van der Waals surface area contributed by atoms with E-state index >= 15 is 0 Å². The average Bonchev–Trinajstić information content (AvgIpc) is 3.03. The van der Waals surface area contributed by atoms with Gasteiger partial charge in [-0.3, -0.25) is 19.6 Å². The number of fused-ring (bicyclic) bond motifs is 2. The first kappa shape index (κ1) is 31.5. The van der Waals surface area contributed by atoms with Crippen LogP contribution in [0.25, 0.3) is 21.7 Å². The van der Waals surface area contributed by atoms with Gasteiger partial charge >= 0.3 is 5.97 Å². The number of anilines is 2. The third-order valence-electron chi connectivity index (χ3n) is 7.19. The summed E-state index contributed by atoms with van der Waals surface area (Å²) in [6, 6.07) is 17.6. The van der Waals surface area contributed by atoms with Crippen molar-refractivity contribution in [2.45, 2.75) is 37.0 Å². The van der Waals surface area contributed by atoms with Crippen LogP contribution in [-0.2, 0) is 14.8 Å². The molecular formula is C33H34N6O5S. The van der Waals surface area contributed by atoms with Crippen molar-refractivity contribution in [3.63, 3.8) is 0 Å². The quantitative estimate of drug-likeness (QED) is 0.101. The maximum absolute atomic E-state index is 13.1. The van der Waals surface area contributed by atoms with E-state index in [4.69, 9.17) is 4.74 Å². The summed E-state index contributed by atoms with van der Waals surface area (Å²) < 4.78 is 34.5. The van der Waals surface area contributed by atoms with Crippen molar-refractivity contribution >= 4 is 55.1 Å². The molecule has 0 spiro atoms. The fourth-order valence-electron chi connectivity index (χ4n) is 5.05. The zero-order valence-electron chi connectivity index (χ0n) is 25.1. The number of aromatic nitrogens is 3. The summed E-state index contributed by atoms with van der Waals surface area (Å²) >= 11 is 0. The minimum absolute atomic E-state index is 0.183. The van der Waals surface area contributed by atoms with E-state index in [1.807, 2.05) is 43.3 Å². The van der Waals surface area contributed by atoms with Gasteiger partial charge in [-0.2, -0.15) is 0 Å². The molecule has 45 heavy (non-hydrogen) atoms. The number of rotatable bonds is 13. The molecule has 5 aromatic rings. The van der Waals surface area contributed by atoms with Gasteiger partial charge in [0.05, 0.1) is 22.2 Å². The predicted octanol–water partition coefficient (Wildman–Crippen LogP) is 5.33. The summed E-state index contributed by atoms with van der Waals surface area (Å²) in [7, 11) is 0.156. The number of unbranched alkanes of at least 4 members (excludes halogenated alkanes) is 3. The Kier molecular flexibility index (Phi) is 9.95. The van der Waals surface area contributed by atoms with Gasteiger partial charge in [-0.1, -0.05) is 43.2 Å². The molecule has 2 N–H and O–H groups in total. The van der Waals surface area contributed by atoms with Gasteiger partial charge in [-0.25, -0.2) is 18.1 Å². The molecule has 0 unspecified atom stereocenters. The lowest BCUT2D eigenvalue weighted by molar-refractivity contribution is -0.134. The Hall–Kier alpha value is -4.94. The standard InChI is InChI=1S/C33H34N6O5S/c1-39(2)28-13-7-12-26-25(28)11-8-14-29(26)45(42,43)37-17-6-4-3-5-15-31(40)44-24-20-23-10-9-16-36-32(23)27(21-24)33(41)38-30-22-34-18-19-35-30/h7-14,16,18-22,37H,3-6,15,17H2,1-2H3,(H,35,38,41). The maximum Gasteiger partial charge on any atom is 0.311 e. The highest BCUT2D eigenvalue weighted by molar-refractivity contribution is 7.89. The molecule has 0 radical (unpaired) electrons. The van der Waals surface area contributed by atoms with Crippen molar-refractivity contribution in [1.82, 2.24) is 19.7 Å². The van der Waals surface area contributed by atoms with E-state index in [1.54, 1.807) is 36.5 Å². The largest absolute Gasteiger partial charge is 0.426 e. The Labute approximate surface area is 261 Å². The fourth-order valence-corrected chi connectivity index (χ4v) is 6.34. The van der Waals surface area contributed by atoms with Gasteiger partial charge in [0.15, 0.2) is 5.82 Å². The lowest BCUT2D eigenvalue weighted by Crippen LogP contribution is -2.25. The molecular weight excluding hydrogens is 592 g/mol. The summed E-state index contributed by atoms with van der Waals surface area (Å²) in [6.45, 7) is 0.293. The molecule has 11 nitrogen and oxygen atoms in total. The van der Waals surface area contributed by atoms with Crippen LogP contribution in [-0.4, -0.2) is 55.9 Å². The molecule has 1 amide bonds. The van der Waals surface area contributed by atoms with Crippen molar-refractivity contribution in [3.8, 4) is 5.75 Å². The highest BCUT2D eigenvalue weighted by Crippen LogP contribution is 2.30. The van der Waals surface area contributed by atoms with Crippen LogP contribution < -0.4 is 19.7 Å². The summed E-state index contributed by atoms with van der Waals surface area (Å²) in [5.74, 6) is -0.349. The molecule has 0 saturated heterocycles. The van der Waals surface area contributed by atoms with E-state index in [-0.39, 0.29) is 28.4 Å². The number of pyridine rings is 1. The zero-order chi connectivity index (χ0) is 31.8. The lowest BCUT2D eigenvalue weighted by atomic mass is 10.1. The number of esters is 1. The van der Waals surface area contributed by atoms with Gasteiger partial charge in [-0.15, -0.1) is 0 Å².